The third-order valence-electron chi connectivity index (χ3n) is 1.99. The van der Waals surface area contributed by atoms with Crippen LogP contribution in [0.25, 0.3) is 0 Å². The summed E-state index contributed by atoms with van der Waals surface area (Å²) in [5, 5.41) is 8.56. The van der Waals surface area contributed by atoms with Gasteiger partial charge in [0.1, 0.15) is 11.9 Å². The monoisotopic (exact) mass is 206 g/mol. The lowest BCUT2D eigenvalue weighted by molar-refractivity contribution is 0.196. The number of hydrogen-bond donors (Lipinski definition) is 0. The van der Waals surface area contributed by atoms with Crippen molar-refractivity contribution in [2.24, 2.45) is 0 Å². The van der Waals surface area contributed by atoms with E-state index >= 15 is 0 Å². The van der Waals surface area contributed by atoms with Crippen LogP contribution in [0.15, 0.2) is 12.4 Å². The fourth-order valence-electron chi connectivity index (χ4n) is 1.14. The molecular weight excluding hydrogens is 192 g/mol. The van der Waals surface area contributed by atoms with Crippen molar-refractivity contribution in [3.8, 4) is 6.07 Å². The van der Waals surface area contributed by atoms with Gasteiger partial charge in [-0.25, -0.2) is 9.97 Å². The predicted molar refractivity (Wildman–Crippen MR) is 56.5 cm³/mol. The van der Waals surface area contributed by atoms with E-state index in [1.165, 1.54) is 6.20 Å². The highest BCUT2D eigenvalue weighted by atomic mass is 16.5. The SMILES string of the molecule is COCCCN(C)c1cnc(C#N)cn1. The van der Waals surface area contributed by atoms with E-state index in [-0.39, 0.29) is 0 Å². The molecule has 0 fully saturated rings. The minimum atomic E-state index is 0.337. The highest BCUT2D eigenvalue weighted by Crippen LogP contribution is 2.06. The van der Waals surface area contributed by atoms with Gasteiger partial charge in [0, 0.05) is 27.3 Å². The lowest BCUT2D eigenvalue weighted by Gasteiger charge is -2.16. The van der Waals surface area contributed by atoms with Crippen molar-refractivity contribution in [1.82, 2.24) is 9.97 Å². The van der Waals surface area contributed by atoms with Crippen LogP contribution < -0.4 is 4.90 Å². The van der Waals surface area contributed by atoms with Crippen LogP contribution in [0.4, 0.5) is 5.82 Å². The first-order valence-corrected chi connectivity index (χ1v) is 4.70. The van der Waals surface area contributed by atoms with Crippen molar-refractivity contribution in [3.05, 3.63) is 18.1 Å². The number of anilines is 1. The minimum absolute atomic E-state index is 0.337. The van der Waals surface area contributed by atoms with E-state index < -0.39 is 0 Å². The molecular formula is C10H14N4O. The molecule has 1 heterocycles. The van der Waals surface area contributed by atoms with Gasteiger partial charge in [0.25, 0.3) is 0 Å². The average molecular weight is 206 g/mol. The van der Waals surface area contributed by atoms with Gasteiger partial charge in [0.05, 0.1) is 12.4 Å². The number of methoxy groups -OCH3 is 1. The number of ether oxygens (including phenoxy) is 1. The topological polar surface area (TPSA) is 62.0 Å². The second-order valence-electron chi connectivity index (χ2n) is 3.14. The fraction of sp³-hybridized carbons (Fsp3) is 0.500. The standard InChI is InChI=1S/C10H14N4O/c1-14(4-3-5-15-2)10-8-12-9(6-11)7-13-10/h7-8H,3-5H2,1-2H3. The van der Waals surface area contributed by atoms with Crippen molar-refractivity contribution in [2.45, 2.75) is 6.42 Å². The van der Waals surface area contributed by atoms with Gasteiger partial charge in [-0.1, -0.05) is 0 Å². The summed E-state index contributed by atoms with van der Waals surface area (Å²) in [7, 11) is 3.62. The molecule has 15 heavy (non-hydrogen) atoms. The van der Waals surface area contributed by atoms with Crippen molar-refractivity contribution < 1.29 is 4.74 Å². The Morgan fingerprint density at radius 1 is 1.47 bits per heavy atom. The van der Waals surface area contributed by atoms with Gasteiger partial charge < -0.3 is 9.64 Å². The Hall–Kier alpha value is -1.67. The van der Waals surface area contributed by atoms with Crippen molar-refractivity contribution in [3.63, 3.8) is 0 Å². The second-order valence-corrected chi connectivity index (χ2v) is 3.14. The van der Waals surface area contributed by atoms with Crippen molar-refractivity contribution in [2.75, 3.05) is 32.2 Å². The zero-order chi connectivity index (χ0) is 11.1. The molecule has 0 aromatic carbocycles. The maximum atomic E-state index is 8.56. The largest absolute Gasteiger partial charge is 0.385 e. The summed E-state index contributed by atoms with van der Waals surface area (Å²) in [6.07, 6.45) is 4.02. The van der Waals surface area contributed by atoms with Crippen LogP contribution in [0.2, 0.25) is 0 Å². The highest BCUT2D eigenvalue weighted by molar-refractivity contribution is 5.35. The summed E-state index contributed by atoms with van der Waals surface area (Å²) in [5.74, 6) is 0.769. The van der Waals surface area contributed by atoms with E-state index in [9.17, 15) is 0 Å². The van der Waals surface area contributed by atoms with Crippen LogP contribution in [-0.4, -0.2) is 37.3 Å². The zero-order valence-electron chi connectivity index (χ0n) is 8.97. The van der Waals surface area contributed by atoms with E-state index in [4.69, 9.17) is 10.00 Å². The molecule has 0 amide bonds. The van der Waals surface area contributed by atoms with E-state index in [2.05, 4.69) is 9.97 Å². The van der Waals surface area contributed by atoms with E-state index in [1.54, 1.807) is 13.3 Å². The van der Waals surface area contributed by atoms with Gasteiger partial charge in [-0.3, -0.25) is 0 Å². The van der Waals surface area contributed by atoms with Crippen LogP contribution in [0.1, 0.15) is 12.1 Å². The first kappa shape index (κ1) is 11.4. The minimum Gasteiger partial charge on any atom is -0.385 e. The van der Waals surface area contributed by atoms with Gasteiger partial charge in [0.15, 0.2) is 5.69 Å². The molecule has 0 atom stereocenters. The molecule has 0 radical (unpaired) electrons. The normalized spacial score (nSPS) is 9.67. The molecule has 0 N–H and O–H groups in total. The molecule has 5 heteroatoms. The summed E-state index contributed by atoms with van der Waals surface area (Å²) >= 11 is 0. The van der Waals surface area contributed by atoms with Gasteiger partial charge in [-0.05, 0) is 6.42 Å². The van der Waals surface area contributed by atoms with Crippen molar-refractivity contribution >= 4 is 5.82 Å². The molecule has 5 nitrogen and oxygen atoms in total. The number of nitrogens with zero attached hydrogens (tertiary/aromatic N) is 4. The first-order valence-electron chi connectivity index (χ1n) is 4.70. The van der Waals surface area contributed by atoms with Crippen LogP contribution in [0.3, 0.4) is 0 Å². The smallest absolute Gasteiger partial charge is 0.158 e. The molecule has 1 aromatic heterocycles. The lowest BCUT2D eigenvalue weighted by Crippen LogP contribution is -2.21. The van der Waals surface area contributed by atoms with E-state index in [1.807, 2.05) is 18.0 Å². The van der Waals surface area contributed by atoms with Crippen LogP contribution in [-0.2, 0) is 4.74 Å². The van der Waals surface area contributed by atoms with E-state index in [0.717, 1.165) is 25.4 Å². The summed E-state index contributed by atoms with van der Waals surface area (Å²) < 4.78 is 4.96. The van der Waals surface area contributed by atoms with Crippen LogP contribution in [0, 0.1) is 11.3 Å². The lowest BCUT2D eigenvalue weighted by atomic mass is 10.4. The third kappa shape index (κ3) is 3.52. The van der Waals surface area contributed by atoms with E-state index in [0.29, 0.717) is 5.69 Å². The Bertz CT molecular complexity index is 330. The average Bonchev–Trinajstić information content (AvgIpc) is 2.29. The summed E-state index contributed by atoms with van der Waals surface area (Å²) in [6, 6.07) is 1.93. The van der Waals surface area contributed by atoms with Gasteiger partial charge in [-0.15, -0.1) is 0 Å². The Kier molecular flexibility index (Phi) is 4.51. The van der Waals surface area contributed by atoms with Crippen LogP contribution in [0.5, 0.6) is 0 Å². The van der Waals surface area contributed by atoms with Gasteiger partial charge in [0.2, 0.25) is 0 Å². The Morgan fingerprint density at radius 2 is 2.27 bits per heavy atom. The summed E-state index contributed by atoms with van der Waals surface area (Å²) in [6.45, 7) is 1.59. The van der Waals surface area contributed by atoms with Crippen LogP contribution >= 0.6 is 0 Å². The summed E-state index contributed by atoms with van der Waals surface area (Å²) in [4.78, 5) is 10.1. The summed E-state index contributed by atoms with van der Waals surface area (Å²) in [5.41, 5.74) is 0.337. The Morgan fingerprint density at radius 3 is 2.80 bits per heavy atom. The predicted octanol–water partition coefficient (Wildman–Crippen LogP) is 0.821. The quantitative estimate of drug-likeness (QED) is 0.667. The first-order chi connectivity index (χ1) is 7.27. The second kappa shape index (κ2) is 5.94. The fourth-order valence-corrected chi connectivity index (χ4v) is 1.14. The molecule has 0 saturated carbocycles. The van der Waals surface area contributed by atoms with Crippen molar-refractivity contribution in [1.29, 1.82) is 5.26 Å². The molecule has 0 aliphatic carbocycles. The Labute approximate surface area is 89.3 Å². The number of hydrogen-bond acceptors (Lipinski definition) is 5. The molecule has 0 spiro atoms. The number of nitriles is 1. The molecule has 1 rings (SSSR count). The maximum absolute atomic E-state index is 8.56. The number of rotatable bonds is 5. The number of aromatic nitrogens is 2. The molecule has 0 bridgehead atoms. The molecule has 0 saturated heterocycles. The molecule has 0 aliphatic heterocycles. The van der Waals surface area contributed by atoms with Gasteiger partial charge in [-0.2, -0.15) is 5.26 Å². The highest BCUT2D eigenvalue weighted by Gasteiger charge is 2.02. The third-order valence-corrected chi connectivity index (χ3v) is 1.99. The molecule has 0 unspecified atom stereocenters. The molecule has 80 valence electrons. The molecule has 1 aromatic rings. The Balaban J connectivity index is 2.51. The van der Waals surface area contributed by atoms with Gasteiger partial charge >= 0.3 is 0 Å². The maximum Gasteiger partial charge on any atom is 0.158 e. The molecule has 0 aliphatic rings. The zero-order valence-corrected chi connectivity index (χ0v) is 8.97.